The molecule has 0 fully saturated rings. The van der Waals surface area contributed by atoms with Crippen molar-refractivity contribution in [3.05, 3.63) is 46.5 Å². The molecule has 2 rings (SSSR count). The number of nitriles is 1. The highest BCUT2D eigenvalue weighted by Gasteiger charge is 2.09. The molecule has 0 saturated heterocycles. The highest BCUT2D eigenvalue weighted by atomic mass is 35.5. The molecule has 0 saturated carbocycles. The lowest BCUT2D eigenvalue weighted by Crippen LogP contribution is -1.99. The average Bonchev–Trinajstić information content (AvgIpc) is 2.39. The first kappa shape index (κ1) is 12.4. The minimum absolute atomic E-state index is 0.549. The number of aromatic nitrogens is 1. The van der Waals surface area contributed by atoms with Crippen molar-refractivity contribution in [1.29, 1.82) is 5.26 Å². The quantitative estimate of drug-likeness (QED) is 0.894. The van der Waals surface area contributed by atoms with Crippen LogP contribution in [0.5, 0.6) is 0 Å². The number of benzene rings is 1. The van der Waals surface area contributed by atoms with Crippen LogP contribution in [0.25, 0.3) is 11.3 Å². The fourth-order valence-electron chi connectivity index (χ4n) is 1.79. The summed E-state index contributed by atoms with van der Waals surface area (Å²) in [7, 11) is 1.75. The van der Waals surface area contributed by atoms with E-state index < -0.39 is 0 Å². The Morgan fingerprint density at radius 2 is 1.94 bits per heavy atom. The number of halogens is 1. The van der Waals surface area contributed by atoms with Gasteiger partial charge in [0.15, 0.2) is 0 Å². The van der Waals surface area contributed by atoms with Crippen LogP contribution in [0, 0.1) is 18.3 Å². The maximum atomic E-state index is 9.02. The van der Waals surface area contributed by atoms with E-state index in [1.807, 2.05) is 37.3 Å². The minimum atomic E-state index is 0.549. The van der Waals surface area contributed by atoms with E-state index in [1.54, 1.807) is 7.05 Å². The first-order valence-electron chi connectivity index (χ1n) is 5.51. The van der Waals surface area contributed by atoms with Crippen LogP contribution in [0.4, 0.5) is 5.82 Å². The molecule has 3 nitrogen and oxygen atoms in total. The zero-order valence-electron chi connectivity index (χ0n) is 10.2. The van der Waals surface area contributed by atoms with Gasteiger partial charge in [0.1, 0.15) is 11.9 Å². The summed E-state index contributed by atoms with van der Waals surface area (Å²) in [5.74, 6) is 0.591. The van der Waals surface area contributed by atoms with Crippen molar-refractivity contribution in [2.75, 3.05) is 12.4 Å². The molecule has 0 unspecified atom stereocenters. The first-order valence-corrected chi connectivity index (χ1v) is 5.89. The van der Waals surface area contributed by atoms with Crippen LogP contribution in [0.2, 0.25) is 5.02 Å². The number of anilines is 1. The Hall–Kier alpha value is -2.05. The Morgan fingerprint density at radius 3 is 2.50 bits per heavy atom. The van der Waals surface area contributed by atoms with Gasteiger partial charge in [-0.25, -0.2) is 4.98 Å². The Kier molecular flexibility index (Phi) is 3.50. The molecule has 90 valence electrons. The van der Waals surface area contributed by atoms with Gasteiger partial charge in [-0.1, -0.05) is 23.7 Å². The highest BCUT2D eigenvalue weighted by molar-refractivity contribution is 6.30. The lowest BCUT2D eigenvalue weighted by Gasteiger charge is -2.09. The van der Waals surface area contributed by atoms with Gasteiger partial charge in [0.2, 0.25) is 0 Å². The molecule has 0 aliphatic carbocycles. The van der Waals surface area contributed by atoms with Crippen LogP contribution in [0.1, 0.15) is 11.1 Å². The summed E-state index contributed by atoms with van der Waals surface area (Å²) in [4.78, 5) is 4.48. The molecule has 1 heterocycles. The summed E-state index contributed by atoms with van der Waals surface area (Å²) in [6.07, 6.45) is 0. The normalized spacial score (nSPS) is 9.89. The predicted molar refractivity (Wildman–Crippen MR) is 73.7 cm³/mol. The average molecular weight is 258 g/mol. The van der Waals surface area contributed by atoms with Crippen molar-refractivity contribution in [3.8, 4) is 17.3 Å². The topological polar surface area (TPSA) is 48.7 Å². The van der Waals surface area contributed by atoms with Crippen LogP contribution in [0.15, 0.2) is 30.3 Å². The Morgan fingerprint density at radius 1 is 1.28 bits per heavy atom. The smallest absolute Gasteiger partial charge is 0.144 e. The van der Waals surface area contributed by atoms with Crippen molar-refractivity contribution in [1.82, 2.24) is 4.98 Å². The largest absolute Gasteiger partial charge is 0.372 e. The summed E-state index contributed by atoms with van der Waals surface area (Å²) in [6, 6.07) is 11.5. The Bertz CT molecular complexity index is 612. The second-order valence-corrected chi connectivity index (χ2v) is 4.36. The van der Waals surface area contributed by atoms with E-state index in [1.165, 1.54) is 0 Å². The molecule has 2 aromatic rings. The van der Waals surface area contributed by atoms with Crippen molar-refractivity contribution < 1.29 is 0 Å². The van der Waals surface area contributed by atoms with Gasteiger partial charge in [0.05, 0.1) is 11.3 Å². The van der Waals surface area contributed by atoms with Gasteiger partial charge in [-0.15, -0.1) is 0 Å². The van der Waals surface area contributed by atoms with Crippen LogP contribution in [-0.4, -0.2) is 12.0 Å². The standard InChI is InChI=1S/C14H12ClN3/c1-9-7-11(8-16)14(17-2)18-13(9)10-3-5-12(15)6-4-10/h3-7H,1-2H3,(H,17,18). The molecule has 0 amide bonds. The molecule has 1 N–H and O–H groups in total. The zero-order valence-corrected chi connectivity index (χ0v) is 10.9. The van der Waals surface area contributed by atoms with Crippen LogP contribution in [0.3, 0.4) is 0 Å². The van der Waals surface area contributed by atoms with Crippen molar-refractivity contribution in [2.45, 2.75) is 6.92 Å². The van der Waals surface area contributed by atoms with E-state index in [0.29, 0.717) is 16.4 Å². The lowest BCUT2D eigenvalue weighted by molar-refractivity contribution is 1.23. The molecular weight excluding hydrogens is 246 g/mol. The van der Waals surface area contributed by atoms with Crippen molar-refractivity contribution in [3.63, 3.8) is 0 Å². The molecule has 0 bridgehead atoms. The van der Waals surface area contributed by atoms with Gasteiger partial charge in [-0.3, -0.25) is 0 Å². The van der Waals surface area contributed by atoms with Gasteiger partial charge < -0.3 is 5.32 Å². The molecule has 0 radical (unpaired) electrons. The molecular formula is C14H12ClN3. The van der Waals surface area contributed by atoms with E-state index in [0.717, 1.165) is 16.8 Å². The number of hydrogen-bond donors (Lipinski definition) is 1. The number of hydrogen-bond acceptors (Lipinski definition) is 3. The van der Waals surface area contributed by atoms with Crippen molar-refractivity contribution >= 4 is 17.4 Å². The lowest BCUT2D eigenvalue weighted by atomic mass is 10.0. The molecule has 0 atom stereocenters. The molecule has 0 spiro atoms. The number of rotatable bonds is 2. The number of nitrogens with zero attached hydrogens (tertiary/aromatic N) is 2. The molecule has 0 aliphatic heterocycles. The highest BCUT2D eigenvalue weighted by Crippen LogP contribution is 2.26. The van der Waals surface area contributed by atoms with Crippen LogP contribution >= 0.6 is 11.6 Å². The van der Waals surface area contributed by atoms with Gasteiger partial charge in [-0.05, 0) is 30.7 Å². The molecule has 1 aromatic carbocycles. The molecule has 1 aromatic heterocycles. The number of aryl methyl sites for hydroxylation is 1. The third-order valence-electron chi connectivity index (χ3n) is 2.69. The molecule has 4 heteroatoms. The third kappa shape index (κ3) is 2.29. The Labute approximate surface area is 111 Å². The summed E-state index contributed by atoms with van der Waals surface area (Å²) < 4.78 is 0. The molecule has 18 heavy (non-hydrogen) atoms. The second kappa shape index (κ2) is 5.07. The van der Waals surface area contributed by atoms with E-state index >= 15 is 0 Å². The van der Waals surface area contributed by atoms with Gasteiger partial charge in [0, 0.05) is 17.6 Å². The Balaban J connectivity index is 2.58. The maximum Gasteiger partial charge on any atom is 0.144 e. The second-order valence-electron chi connectivity index (χ2n) is 3.92. The van der Waals surface area contributed by atoms with E-state index in [-0.39, 0.29) is 0 Å². The predicted octanol–water partition coefficient (Wildman–Crippen LogP) is 3.62. The monoisotopic (exact) mass is 257 g/mol. The fourth-order valence-corrected chi connectivity index (χ4v) is 1.92. The van der Waals surface area contributed by atoms with E-state index in [4.69, 9.17) is 16.9 Å². The van der Waals surface area contributed by atoms with Crippen molar-refractivity contribution in [2.24, 2.45) is 0 Å². The van der Waals surface area contributed by atoms with E-state index in [9.17, 15) is 0 Å². The minimum Gasteiger partial charge on any atom is -0.372 e. The van der Waals surface area contributed by atoms with Gasteiger partial charge in [-0.2, -0.15) is 5.26 Å². The SMILES string of the molecule is CNc1nc(-c2ccc(Cl)cc2)c(C)cc1C#N. The zero-order chi connectivity index (χ0) is 13.1. The first-order chi connectivity index (χ1) is 8.65. The number of pyridine rings is 1. The number of nitrogens with one attached hydrogen (secondary N) is 1. The third-order valence-corrected chi connectivity index (χ3v) is 2.94. The summed E-state index contributed by atoms with van der Waals surface area (Å²) in [6.45, 7) is 1.94. The fraction of sp³-hybridized carbons (Fsp3) is 0.143. The maximum absolute atomic E-state index is 9.02. The summed E-state index contributed by atoms with van der Waals surface area (Å²) >= 11 is 5.87. The van der Waals surface area contributed by atoms with E-state index in [2.05, 4.69) is 16.4 Å². The van der Waals surface area contributed by atoms with Gasteiger partial charge >= 0.3 is 0 Å². The van der Waals surface area contributed by atoms with Crippen LogP contribution < -0.4 is 5.32 Å². The van der Waals surface area contributed by atoms with Crippen LogP contribution in [-0.2, 0) is 0 Å². The summed E-state index contributed by atoms with van der Waals surface area (Å²) in [5, 5.41) is 12.7. The molecule has 0 aliphatic rings. The summed E-state index contributed by atoms with van der Waals surface area (Å²) in [5.41, 5.74) is 3.36. The van der Waals surface area contributed by atoms with Gasteiger partial charge in [0.25, 0.3) is 0 Å².